The van der Waals surface area contributed by atoms with Crippen LogP contribution in [-0.2, 0) is 0 Å². The molecule has 0 radical (unpaired) electrons. The Kier molecular flexibility index (Phi) is 3.76. The molecule has 2 aromatic rings. The Bertz CT molecular complexity index is 638. The van der Waals surface area contributed by atoms with Crippen LogP contribution in [0.4, 0.5) is 5.69 Å². The first-order chi connectivity index (χ1) is 9.04. The summed E-state index contributed by atoms with van der Waals surface area (Å²) >= 11 is 6.09. The van der Waals surface area contributed by atoms with Crippen LogP contribution in [-0.4, -0.2) is 12.9 Å². The maximum Gasteiger partial charge on any atom is 0.198 e. The van der Waals surface area contributed by atoms with E-state index >= 15 is 0 Å². The lowest BCUT2D eigenvalue weighted by Gasteiger charge is -2.10. The fraction of sp³-hybridized carbons (Fsp3) is 0.133. The molecule has 98 valence electrons. The van der Waals surface area contributed by atoms with Crippen molar-refractivity contribution in [2.75, 3.05) is 12.8 Å². The summed E-state index contributed by atoms with van der Waals surface area (Å²) in [6, 6.07) is 10.5. The van der Waals surface area contributed by atoms with Gasteiger partial charge in [0.15, 0.2) is 5.78 Å². The lowest BCUT2D eigenvalue weighted by atomic mass is 10.00. The van der Waals surface area contributed by atoms with Gasteiger partial charge in [-0.2, -0.15) is 0 Å². The van der Waals surface area contributed by atoms with Crippen LogP contribution in [0.15, 0.2) is 36.4 Å². The average Bonchev–Trinajstić information content (AvgIpc) is 2.41. The third-order valence-corrected chi connectivity index (χ3v) is 3.29. The van der Waals surface area contributed by atoms with Crippen LogP contribution in [0.1, 0.15) is 21.5 Å². The highest BCUT2D eigenvalue weighted by atomic mass is 35.5. The molecule has 2 N–H and O–H groups in total. The quantitative estimate of drug-likeness (QED) is 0.689. The molecule has 0 heterocycles. The second-order valence-corrected chi connectivity index (χ2v) is 4.62. The first-order valence-corrected chi connectivity index (χ1v) is 6.15. The van der Waals surface area contributed by atoms with Crippen molar-refractivity contribution >= 4 is 23.1 Å². The van der Waals surface area contributed by atoms with E-state index in [1.165, 1.54) is 7.11 Å². The van der Waals surface area contributed by atoms with Crippen LogP contribution in [0, 0.1) is 6.92 Å². The standard InChI is InChI=1S/C15H14ClNO2/c1-9-6-7-13(19-2)11(8-9)15(18)10-4-3-5-12(17)14(10)16/h3-8H,17H2,1-2H3. The highest BCUT2D eigenvalue weighted by Gasteiger charge is 2.18. The van der Waals surface area contributed by atoms with E-state index in [2.05, 4.69) is 0 Å². The number of ether oxygens (including phenoxy) is 1. The van der Waals surface area contributed by atoms with Crippen LogP contribution < -0.4 is 10.5 Å². The molecular formula is C15H14ClNO2. The number of rotatable bonds is 3. The van der Waals surface area contributed by atoms with E-state index in [1.807, 2.05) is 13.0 Å². The fourth-order valence-electron chi connectivity index (χ4n) is 1.87. The highest BCUT2D eigenvalue weighted by Crippen LogP contribution is 2.29. The zero-order chi connectivity index (χ0) is 14.0. The molecule has 19 heavy (non-hydrogen) atoms. The zero-order valence-electron chi connectivity index (χ0n) is 10.7. The third kappa shape index (κ3) is 2.56. The number of methoxy groups -OCH3 is 1. The monoisotopic (exact) mass is 275 g/mol. The first kappa shape index (κ1) is 13.4. The van der Waals surface area contributed by atoms with Crippen LogP contribution in [0.3, 0.4) is 0 Å². The molecule has 0 bridgehead atoms. The van der Waals surface area contributed by atoms with Gasteiger partial charge in [-0.1, -0.05) is 29.3 Å². The molecule has 3 nitrogen and oxygen atoms in total. The Morgan fingerprint density at radius 2 is 1.95 bits per heavy atom. The highest BCUT2D eigenvalue weighted by molar-refractivity contribution is 6.37. The first-order valence-electron chi connectivity index (χ1n) is 5.78. The number of carbonyl (C=O) groups is 1. The van der Waals surface area contributed by atoms with Crippen molar-refractivity contribution in [1.82, 2.24) is 0 Å². The second kappa shape index (κ2) is 5.33. The number of halogens is 1. The van der Waals surface area contributed by atoms with Gasteiger partial charge in [0.05, 0.1) is 23.4 Å². The molecule has 0 aliphatic heterocycles. The Hall–Kier alpha value is -2.00. The number of hydrogen-bond donors (Lipinski definition) is 1. The lowest BCUT2D eigenvalue weighted by molar-refractivity contribution is 0.103. The van der Waals surface area contributed by atoms with Crippen LogP contribution in [0.2, 0.25) is 5.02 Å². The lowest BCUT2D eigenvalue weighted by Crippen LogP contribution is -2.06. The summed E-state index contributed by atoms with van der Waals surface area (Å²) in [7, 11) is 1.53. The molecule has 0 fully saturated rings. The molecule has 0 saturated carbocycles. The van der Waals surface area contributed by atoms with E-state index in [4.69, 9.17) is 22.1 Å². The van der Waals surface area contributed by atoms with Crippen LogP contribution >= 0.6 is 11.6 Å². The summed E-state index contributed by atoms with van der Waals surface area (Å²) in [5.41, 5.74) is 7.95. The number of carbonyl (C=O) groups excluding carboxylic acids is 1. The van der Waals surface area contributed by atoms with E-state index in [1.54, 1.807) is 30.3 Å². The third-order valence-electron chi connectivity index (χ3n) is 2.87. The molecule has 2 rings (SSSR count). The Morgan fingerprint density at radius 1 is 1.21 bits per heavy atom. The van der Waals surface area contributed by atoms with Gasteiger partial charge in [0.2, 0.25) is 0 Å². The van der Waals surface area contributed by atoms with E-state index in [0.717, 1.165) is 5.56 Å². The Labute approximate surface area is 117 Å². The van der Waals surface area contributed by atoms with Crippen molar-refractivity contribution in [3.8, 4) is 5.75 Å². The summed E-state index contributed by atoms with van der Waals surface area (Å²) in [6.07, 6.45) is 0. The summed E-state index contributed by atoms with van der Waals surface area (Å²) in [5.74, 6) is 0.326. The minimum atomic E-state index is -0.196. The number of nitrogens with two attached hydrogens (primary N) is 1. The van der Waals surface area contributed by atoms with Gasteiger partial charge in [-0.3, -0.25) is 4.79 Å². The predicted octanol–water partition coefficient (Wildman–Crippen LogP) is 3.47. The molecular weight excluding hydrogens is 262 g/mol. The molecule has 0 saturated heterocycles. The van der Waals surface area contributed by atoms with Crippen molar-refractivity contribution < 1.29 is 9.53 Å². The Balaban J connectivity index is 2.56. The van der Waals surface area contributed by atoms with Gasteiger partial charge in [0, 0.05) is 5.56 Å². The molecule has 4 heteroatoms. The Morgan fingerprint density at radius 3 is 2.63 bits per heavy atom. The molecule has 0 unspecified atom stereocenters. The van der Waals surface area contributed by atoms with Crippen molar-refractivity contribution in [1.29, 1.82) is 0 Å². The zero-order valence-corrected chi connectivity index (χ0v) is 11.5. The molecule has 0 atom stereocenters. The largest absolute Gasteiger partial charge is 0.496 e. The van der Waals surface area contributed by atoms with Gasteiger partial charge in [-0.15, -0.1) is 0 Å². The minimum Gasteiger partial charge on any atom is -0.496 e. The predicted molar refractivity (Wildman–Crippen MR) is 77.0 cm³/mol. The summed E-state index contributed by atoms with van der Waals surface area (Å²) < 4.78 is 5.22. The fourth-order valence-corrected chi connectivity index (χ4v) is 2.08. The molecule has 2 aromatic carbocycles. The van der Waals surface area contributed by atoms with Gasteiger partial charge in [0.25, 0.3) is 0 Å². The van der Waals surface area contributed by atoms with Crippen LogP contribution in [0.25, 0.3) is 0 Å². The van der Waals surface area contributed by atoms with Gasteiger partial charge < -0.3 is 10.5 Å². The van der Waals surface area contributed by atoms with Crippen molar-refractivity contribution in [3.63, 3.8) is 0 Å². The summed E-state index contributed by atoms with van der Waals surface area (Å²) in [5, 5.41) is 0.274. The smallest absolute Gasteiger partial charge is 0.198 e. The van der Waals surface area contributed by atoms with Gasteiger partial charge in [0.1, 0.15) is 5.75 Å². The summed E-state index contributed by atoms with van der Waals surface area (Å²) in [6.45, 7) is 1.91. The molecule has 0 aliphatic carbocycles. The minimum absolute atomic E-state index is 0.196. The maximum absolute atomic E-state index is 12.5. The van der Waals surface area contributed by atoms with Crippen molar-refractivity contribution in [2.45, 2.75) is 6.92 Å². The van der Waals surface area contributed by atoms with Crippen molar-refractivity contribution in [3.05, 3.63) is 58.1 Å². The maximum atomic E-state index is 12.5. The van der Waals surface area contributed by atoms with Crippen LogP contribution in [0.5, 0.6) is 5.75 Å². The topological polar surface area (TPSA) is 52.3 Å². The number of ketones is 1. The number of benzene rings is 2. The number of anilines is 1. The SMILES string of the molecule is COc1ccc(C)cc1C(=O)c1cccc(N)c1Cl. The van der Waals surface area contributed by atoms with Gasteiger partial charge >= 0.3 is 0 Å². The van der Waals surface area contributed by atoms with E-state index in [0.29, 0.717) is 22.6 Å². The van der Waals surface area contributed by atoms with Gasteiger partial charge in [-0.05, 0) is 31.2 Å². The number of aryl methyl sites for hydroxylation is 1. The molecule has 0 amide bonds. The molecule has 0 aromatic heterocycles. The second-order valence-electron chi connectivity index (χ2n) is 4.24. The van der Waals surface area contributed by atoms with E-state index < -0.39 is 0 Å². The number of hydrogen-bond acceptors (Lipinski definition) is 3. The van der Waals surface area contributed by atoms with E-state index in [-0.39, 0.29) is 10.8 Å². The number of nitrogen functional groups attached to an aromatic ring is 1. The normalized spacial score (nSPS) is 10.3. The van der Waals surface area contributed by atoms with Gasteiger partial charge in [-0.25, -0.2) is 0 Å². The molecule has 0 aliphatic rings. The van der Waals surface area contributed by atoms with E-state index in [9.17, 15) is 4.79 Å². The average molecular weight is 276 g/mol. The van der Waals surface area contributed by atoms with Crippen molar-refractivity contribution in [2.24, 2.45) is 0 Å². The summed E-state index contributed by atoms with van der Waals surface area (Å²) in [4.78, 5) is 12.5. The molecule has 0 spiro atoms.